The van der Waals surface area contributed by atoms with E-state index in [9.17, 15) is 4.79 Å². The molecule has 0 radical (unpaired) electrons. The molecule has 3 heteroatoms. The minimum atomic E-state index is -0.129. The highest BCUT2D eigenvalue weighted by molar-refractivity contribution is 5.88. The van der Waals surface area contributed by atoms with E-state index < -0.39 is 0 Å². The van der Waals surface area contributed by atoms with Crippen molar-refractivity contribution in [1.29, 1.82) is 0 Å². The molecule has 0 saturated heterocycles. The fourth-order valence-corrected chi connectivity index (χ4v) is 2.69. The van der Waals surface area contributed by atoms with Crippen LogP contribution in [0.2, 0.25) is 0 Å². The summed E-state index contributed by atoms with van der Waals surface area (Å²) in [7, 11) is 0. The third kappa shape index (κ3) is 3.74. The molecule has 1 atom stereocenters. The van der Waals surface area contributed by atoms with Gasteiger partial charge in [0.25, 0.3) is 5.91 Å². The summed E-state index contributed by atoms with van der Waals surface area (Å²) in [5.41, 5.74) is 2.29. The van der Waals surface area contributed by atoms with E-state index >= 15 is 0 Å². The summed E-state index contributed by atoms with van der Waals surface area (Å²) < 4.78 is 5.72. The summed E-state index contributed by atoms with van der Waals surface area (Å²) >= 11 is 0. The normalized spacial score (nSPS) is 11.9. The van der Waals surface area contributed by atoms with Crippen LogP contribution in [-0.2, 0) is 4.79 Å². The highest BCUT2D eigenvalue weighted by Crippen LogP contribution is 2.25. The van der Waals surface area contributed by atoms with Crippen LogP contribution in [0.15, 0.2) is 66.7 Å². The zero-order valence-corrected chi connectivity index (χ0v) is 14.0. The molecule has 3 aromatic rings. The topological polar surface area (TPSA) is 38.3 Å². The molecule has 0 fully saturated rings. The summed E-state index contributed by atoms with van der Waals surface area (Å²) in [5.74, 6) is 0.599. The number of nitrogens with one attached hydrogen (secondary N) is 1. The van der Waals surface area contributed by atoms with Gasteiger partial charge in [-0.1, -0.05) is 66.2 Å². The maximum absolute atomic E-state index is 12.2. The number of fused-ring (bicyclic) bond motifs is 1. The van der Waals surface area contributed by atoms with Crippen LogP contribution < -0.4 is 10.1 Å². The van der Waals surface area contributed by atoms with Gasteiger partial charge in [0.1, 0.15) is 5.75 Å². The summed E-state index contributed by atoms with van der Waals surface area (Å²) in [6, 6.07) is 21.9. The first-order valence-electron chi connectivity index (χ1n) is 8.10. The number of carbonyl (C=O) groups excluding carboxylic acids is 1. The van der Waals surface area contributed by atoms with Crippen molar-refractivity contribution in [1.82, 2.24) is 5.32 Å². The highest BCUT2D eigenvalue weighted by atomic mass is 16.5. The average Bonchev–Trinajstić information content (AvgIpc) is 2.60. The predicted molar refractivity (Wildman–Crippen MR) is 97.2 cm³/mol. The summed E-state index contributed by atoms with van der Waals surface area (Å²) in [4.78, 5) is 12.2. The van der Waals surface area contributed by atoms with E-state index in [4.69, 9.17) is 4.74 Å². The van der Waals surface area contributed by atoms with Gasteiger partial charge in [-0.2, -0.15) is 0 Å². The largest absolute Gasteiger partial charge is 0.483 e. The number of hydrogen-bond donors (Lipinski definition) is 1. The van der Waals surface area contributed by atoms with E-state index in [0.29, 0.717) is 0 Å². The maximum atomic E-state index is 12.2. The Kier molecular flexibility index (Phi) is 4.80. The molecule has 0 heterocycles. The molecule has 3 aromatic carbocycles. The number of carbonyl (C=O) groups is 1. The van der Waals surface area contributed by atoms with E-state index in [1.807, 2.05) is 80.6 Å². The molecule has 0 aliphatic rings. The third-order valence-electron chi connectivity index (χ3n) is 4.06. The van der Waals surface area contributed by atoms with Gasteiger partial charge >= 0.3 is 0 Å². The van der Waals surface area contributed by atoms with Crippen LogP contribution in [0.5, 0.6) is 5.75 Å². The highest BCUT2D eigenvalue weighted by Gasteiger charge is 2.10. The van der Waals surface area contributed by atoms with Crippen LogP contribution in [0.25, 0.3) is 10.8 Å². The number of rotatable bonds is 5. The quantitative estimate of drug-likeness (QED) is 0.757. The van der Waals surface area contributed by atoms with Gasteiger partial charge in [0.2, 0.25) is 0 Å². The van der Waals surface area contributed by atoms with Crippen molar-refractivity contribution in [3.8, 4) is 5.75 Å². The van der Waals surface area contributed by atoms with Gasteiger partial charge in [-0.15, -0.1) is 0 Å². The second kappa shape index (κ2) is 7.18. The Morgan fingerprint density at radius 2 is 1.71 bits per heavy atom. The first-order valence-corrected chi connectivity index (χ1v) is 8.10. The van der Waals surface area contributed by atoms with E-state index in [1.54, 1.807) is 0 Å². The van der Waals surface area contributed by atoms with E-state index in [1.165, 1.54) is 5.56 Å². The number of ether oxygens (including phenoxy) is 1. The standard InChI is InChI=1S/C21H21NO2/c1-15-10-12-17(13-11-15)16(2)22-21(23)14-24-20-9-5-7-18-6-3-4-8-19(18)20/h3-13,16H,14H2,1-2H3,(H,22,23)/t16-/m0/s1. The van der Waals surface area contributed by atoms with Gasteiger partial charge in [0.05, 0.1) is 6.04 Å². The molecular formula is C21H21NO2. The van der Waals surface area contributed by atoms with Gasteiger partial charge in [-0.05, 0) is 30.9 Å². The molecule has 1 amide bonds. The SMILES string of the molecule is Cc1ccc([C@H](C)NC(=O)COc2cccc3ccccc23)cc1. The van der Waals surface area contributed by atoms with Crippen LogP contribution in [0.3, 0.4) is 0 Å². The van der Waals surface area contributed by atoms with Crippen LogP contribution in [0, 0.1) is 6.92 Å². The summed E-state index contributed by atoms with van der Waals surface area (Å²) in [5, 5.41) is 5.08. The predicted octanol–water partition coefficient (Wildman–Crippen LogP) is 4.40. The second-order valence-electron chi connectivity index (χ2n) is 5.97. The molecule has 24 heavy (non-hydrogen) atoms. The van der Waals surface area contributed by atoms with E-state index in [0.717, 1.165) is 22.1 Å². The first kappa shape index (κ1) is 16.1. The molecule has 122 valence electrons. The lowest BCUT2D eigenvalue weighted by molar-refractivity contribution is -0.123. The van der Waals surface area contributed by atoms with Crippen molar-refractivity contribution in [2.75, 3.05) is 6.61 Å². The van der Waals surface area contributed by atoms with Gasteiger partial charge < -0.3 is 10.1 Å². The number of hydrogen-bond acceptors (Lipinski definition) is 2. The minimum absolute atomic E-state index is 0.00418. The molecule has 0 saturated carbocycles. The zero-order chi connectivity index (χ0) is 16.9. The average molecular weight is 319 g/mol. The molecule has 0 aromatic heterocycles. The third-order valence-corrected chi connectivity index (χ3v) is 4.06. The molecule has 0 unspecified atom stereocenters. The molecule has 3 nitrogen and oxygen atoms in total. The van der Waals surface area contributed by atoms with Crippen LogP contribution in [0.1, 0.15) is 24.1 Å². The van der Waals surface area contributed by atoms with Crippen molar-refractivity contribution < 1.29 is 9.53 Å². The van der Waals surface area contributed by atoms with Crippen molar-refractivity contribution in [2.45, 2.75) is 19.9 Å². The van der Waals surface area contributed by atoms with Crippen molar-refractivity contribution >= 4 is 16.7 Å². The Bertz CT molecular complexity index is 835. The summed E-state index contributed by atoms with van der Waals surface area (Å²) in [6.45, 7) is 4.02. The lowest BCUT2D eigenvalue weighted by Gasteiger charge is -2.15. The lowest BCUT2D eigenvalue weighted by atomic mass is 10.1. The maximum Gasteiger partial charge on any atom is 0.258 e. The van der Waals surface area contributed by atoms with Crippen LogP contribution in [0.4, 0.5) is 0 Å². The van der Waals surface area contributed by atoms with Gasteiger partial charge in [-0.3, -0.25) is 4.79 Å². The van der Waals surface area contributed by atoms with E-state index in [2.05, 4.69) is 5.32 Å². The monoisotopic (exact) mass is 319 g/mol. The zero-order valence-electron chi connectivity index (χ0n) is 14.0. The Balaban J connectivity index is 1.62. The van der Waals surface area contributed by atoms with Gasteiger partial charge in [0, 0.05) is 5.39 Å². The lowest BCUT2D eigenvalue weighted by Crippen LogP contribution is -2.31. The fraction of sp³-hybridized carbons (Fsp3) is 0.190. The molecule has 0 aliphatic heterocycles. The molecule has 3 rings (SSSR count). The summed E-state index contributed by atoms with van der Waals surface area (Å²) in [6.07, 6.45) is 0. The van der Waals surface area contributed by atoms with Crippen LogP contribution >= 0.6 is 0 Å². The van der Waals surface area contributed by atoms with Gasteiger partial charge in [-0.25, -0.2) is 0 Å². The first-order chi connectivity index (χ1) is 11.6. The van der Waals surface area contributed by atoms with Gasteiger partial charge in [0.15, 0.2) is 6.61 Å². The Morgan fingerprint density at radius 3 is 2.50 bits per heavy atom. The Hall–Kier alpha value is -2.81. The number of aryl methyl sites for hydroxylation is 1. The molecular weight excluding hydrogens is 298 g/mol. The van der Waals surface area contributed by atoms with Crippen molar-refractivity contribution in [3.05, 3.63) is 77.9 Å². The Morgan fingerprint density at radius 1 is 1.00 bits per heavy atom. The smallest absolute Gasteiger partial charge is 0.258 e. The van der Waals surface area contributed by atoms with Crippen molar-refractivity contribution in [2.24, 2.45) is 0 Å². The Labute approximate surface area is 142 Å². The molecule has 0 spiro atoms. The van der Waals surface area contributed by atoms with Crippen LogP contribution in [-0.4, -0.2) is 12.5 Å². The van der Waals surface area contributed by atoms with E-state index in [-0.39, 0.29) is 18.6 Å². The second-order valence-corrected chi connectivity index (χ2v) is 5.97. The number of benzene rings is 3. The molecule has 1 N–H and O–H groups in total. The number of amides is 1. The molecule has 0 bridgehead atoms. The fourth-order valence-electron chi connectivity index (χ4n) is 2.69. The minimum Gasteiger partial charge on any atom is -0.483 e. The van der Waals surface area contributed by atoms with Crippen molar-refractivity contribution in [3.63, 3.8) is 0 Å². The molecule has 0 aliphatic carbocycles.